The zero-order chi connectivity index (χ0) is 15.2. The van der Waals surface area contributed by atoms with Gasteiger partial charge in [0.15, 0.2) is 0 Å². The quantitative estimate of drug-likeness (QED) is 0.791. The standard InChI is InChI=1S/C15H21N3O3.ClH/c1-10(19)17-12-7-6-11(9-14(12)21-2)18-15(20)13-5-3-4-8-16-13;/h6-7,9,13,16H,3-5,8H2,1-2H3,(H,17,19)(H,18,20);1H/t13-;/m1./s1. The molecule has 0 aromatic heterocycles. The highest BCUT2D eigenvalue weighted by atomic mass is 35.5. The summed E-state index contributed by atoms with van der Waals surface area (Å²) in [4.78, 5) is 23.3. The predicted octanol–water partition coefficient (Wildman–Crippen LogP) is 2.16. The van der Waals surface area contributed by atoms with Crippen molar-refractivity contribution in [2.24, 2.45) is 0 Å². The monoisotopic (exact) mass is 327 g/mol. The summed E-state index contributed by atoms with van der Waals surface area (Å²) in [7, 11) is 1.52. The second kappa shape index (κ2) is 8.60. The lowest BCUT2D eigenvalue weighted by atomic mass is 10.0. The fourth-order valence-electron chi connectivity index (χ4n) is 2.37. The Kier molecular flexibility index (Phi) is 7.14. The number of amides is 2. The summed E-state index contributed by atoms with van der Waals surface area (Å²) in [6, 6.07) is 5.02. The SMILES string of the molecule is COc1cc(NC(=O)[C@H]2CCCCN2)ccc1NC(C)=O.Cl. The van der Waals surface area contributed by atoms with Gasteiger partial charge in [-0.1, -0.05) is 6.42 Å². The lowest BCUT2D eigenvalue weighted by molar-refractivity contribution is -0.118. The molecular formula is C15H22ClN3O3. The van der Waals surface area contributed by atoms with Crippen molar-refractivity contribution in [3.05, 3.63) is 18.2 Å². The number of halogens is 1. The van der Waals surface area contributed by atoms with Crippen LogP contribution in [0.1, 0.15) is 26.2 Å². The number of nitrogens with one attached hydrogen (secondary N) is 3. The van der Waals surface area contributed by atoms with E-state index in [1.165, 1.54) is 14.0 Å². The molecule has 2 rings (SSSR count). The van der Waals surface area contributed by atoms with E-state index >= 15 is 0 Å². The van der Waals surface area contributed by atoms with Crippen molar-refractivity contribution in [2.45, 2.75) is 32.2 Å². The van der Waals surface area contributed by atoms with Crippen LogP contribution in [0.4, 0.5) is 11.4 Å². The van der Waals surface area contributed by atoms with Gasteiger partial charge in [-0.3, -0.25) is 9.59 Å². The Labute approximate surface area is 136 Å². The minimum absolute atomic E-state index is 0. The number of rotatable bonds is 4. The Morgan fingerprint density at radius 2 is 2.05 bits per heavy atom. The van der Waals surface area contributed by atoms with Gasteiger partial charge in [0, 0.05) is 18.7 Å². The van der Waals surface area contributed by atoms with Gasteiger partial charge in [0.05, 0.1) is 18.8 Å². The predicted molar refractivity (Wildman–Crippen MR) is 88.8 cm³/mol. The van der Waals surface area contributed by atoms with Crippen molar-refractivity contribution in [1.29, 1.82) is 0 Å². The van der Waals surface area contributed by atoms with Crippen LogP contribution in [0.25, 0.3) is 0 Å². The minimum atomic E-state index is -0.170. The normalized spacial score (nSPS) is 17.1. The van der Waals surface area contributed by atoms with Crippen LogP contribution in [0, 0.1) is 0 Å². The van der Waals surface area contributed by atoms with E-state index in [0.717, 1.165) is 25.8 Å². The number of carbonyl (C=O) groups is 2. The highest BCUT2D eigenvalue weighted by Gasteiger charge is 2.20. The van der Waals surface area contributed by atoms with Crippen LogP contribution in [0.3, 0.4) is 0 Å². The summed E-state index contributed by atoms with van der Waals surface area (Å²) in [6.45, 7) is 2.31. The van der Waals surface area contributed by atoms with Gasteiger partial charge >= 0.3 is 0 Å². The first kappa shape index (κ1) is 18.3. The molecule has 6 nitrogen and oxygen atoms in total. The number of ether oxygens (including phenoxy) is 1. The fraction of sp³-hybridized carbons (Fsp3) is 0.467. The molecule has 0 spiro atoms. The van der Waals surface area contributed by atoms with Gasteiger partial charge in [-0.2, -0.15) is 0 Å². The average molecular weight is 328 g/mol. The number of hydrogen-bond donors (Lipinski definition) is 3. The van der Waals surface area contributed by atoms with Crippen LogP contribution in [-0.2, 0) is 9.59 Å². The van der Waals surface area contributed by atoms with E-state index < -0.39 is 0 Å². The highest BCUT2D eigenvalue weighted by molar-refractivity contribution is 5.96. The molecule has 1 aromatic carbocycles. The maximum absolute atomic E-state index is 12.1. The number of methoxy groups -OCH3 is 1. The molecule has 1 aliphatic rings. The van der Waals surface area contributed by atoms with Crippen molar-refractivity contribution >= 4 is 35.6 Å². The number of anilines is 2. The van der Waals surface area contributed by atoms with E-state index in [-0.39, 0.29) is 30.3 Å². The molecule has 1 heterocycles. The molecule has 1 aliphatic heterocycles. The van der Waals surface area contributed by atoms with E-state index in [1.54, 1.807) is 18.2 Å². The maximum Gasteiger partial charge on any atom is 0.241 e. The largest absolute Gasteiger partial charge is 0.494 e. The smallest absolute Gasteiger partial charge is 0.241 e. The summed E-state index contributed by atoms with van der Waals surface area (Å²) in [6.07, 6.45) is 3.03. The first-order chi connectivity index (χ1) is 10.1. The molecule has 0 aliphatic carbocycles. The van der Waals surface area contributed by atoms with Crippen molar-refractivity contribution in [3.8, 4) is 5.75 Å². The maximum atomic E-state index is 12.1. The summed E-state index contributed by atoms with van der Waals surface area (Å²) >= 11 is 0. The molecule has 0 saturated carbocycles. The van der Waals surface area contributed by atoms with Gasteiger partial charge in [0.2, 0.25) is 11.8 Å². The zero-order valence-electron chi connectivity index (χ0n) is 12.8. The van der Waals surface area contributed by atoms with Crippen molar-refractivity contribution in [1.82, 2.24) is 5.32 Å². The van der Waals surface area contributed by atoms with Gasteiger partial charge in [0.25, 0.3) is 0 Å². The molecule has 22 heavy (non-hydrogen) atoms. The lowest BCUT2D eigenvalue weighted by Gasteiger charge is -2.22. The fourth-order valence-corrected chi connectivity index (χ4v) is 2.37. The highest BCUT2D eigenvalue weighted by Crippen LogP contribution is 2.28. The summed E-state index contributed by atoms with van der Waals surface area (Å²) in [5.41, 5.74) is 1.23. The zero-order valence-corrected chi connectivity index (χ0v) is 13.6. The van der Waals surface area contributed by atoms with E-state index in [1.807, 2.05) is 0 Å². The van der Waals surface area contributed by atoms with Crippen LogP contribution in [-0.4, -0.2) is 31.5 Å². The molecule has 0 radical (unpaired) electrons. The Morgan fingerprint density at radius 3 is 2.64 bits per heavy atom. The van der Waals surface area contributed by atoms with Gasteiger partial charge in [0.1, 0.15) is 5.75 Å². The molecule has 0 unspecified atom stereocenters. The molecule has 122 valence electrons. The molecule has 1 aromatic rings. The number of piperidine rings is 1. The first-order valence-corrected chi connectivity index (χ1v) is 7.10. The Morgan fingerprint density at radius 1 is 1.27 bits per heavy atom. The summed E-state index contributed by atoms with van der Waals surface area (Å²) < 4.78 is 5.23. The second-order valence-electron chi connectivity index (χ2n) is 5.09. The van der Waals surface area contributed by atoms with Gasteiger partial charge in [-0.25, -0.2) is 0 Å². The number of hydrogen-bond acceptors (Lipinski definition) is 4. The lowest BCUT2D eigenvalue weighted by Crippen LogP contribution is -2.43. The third-order valence-corrected chi connectivity index (χ3v) is 3.41. The van der Waals surface area contributed by atoms with E-state index in [2.05, 4.69) is 16.0 Å². The van der Waals surface area contributed by atoms with Crippen LogP contribution >= 0.6 is 12.4 Å². The van der Waals surface area contributed by atoms with Gasteiger partial charge in [-0.15, -0.1) is 12.4 Å². The summed E-state index contributed by atoms with van der Waals surface area (Å²) in [5, 5.41) is 8.76. The summed E-state index contributed by atoms with van der Waals surface area (Å²) in [5.74, 6) is 0.306. The Hall–Kier alpha value is -1.79. The molecule has 1 fully saturated rings. The molecule has 7 heteroatoms. The van der Waals surface area contributed by atoms with Crippen LogP contribution in [0.5, 0.6) is 5.75 Å². The van der Waals surface area contributed by atoms with E-state index in [4.69, 9.17) is 4.74 Å². The van der Waals surface area contributed by atoms with E-state index in [0.29, 0.717) is 17.1 Å². The Bertz CT molecular complexity index is 531. The molecular weight excluding hydrogens is 306 g/mol. The van der Waals surface area contributed by atoms with Crippen molar-refractivity contribution < 1.29 is 14.3 Å². The number of carbonyl (C=O) groups excluding carboxylic acids is 2. The van der Waals surface area contributed by atoms with Crippen molar-refractivity contribution in [3.63, 3.8) is 0 Å². The average Bonchev–Trinajstić information content (AvgIpc) is 2.49. The molecule has 2 amide bonds. The molecule has 1 saturated heterocycles. The van der Waals surface area contributed by atoms with Gasteiger partial charge < -0.3 is 20.7 Å². The molecule has 0 bridgehead atoms. The third-order valence-electron chi connectivity index (χ3n) is 3.41. The van der Waals surface area contributed by atoms with Crippen LogP contribution < -0.4 is 20.7 Å². The molecule has 3 N–H and O–H groups in total. The Balaban J connectivity index is 0.00000242. The van der Waals surface area contributed by atoms with Crippen molar-refractivity contribution in [2.75, 3.05) is 24.3 Å². The third kappa shape index (κ3) is 4.89. The second-order valence-corrected chi connectivity index (χ2v) is 5.09. The minimum Gasteiger partial charge on any atom is -0.494 e. The van der Waals surface area contributed by atoms with Crippen LogP contribution in [0.2, 0.25) is 0 Å². The molecule has 1 atom stereocenters. The first-order valence-electron chi connectivity index (χ1n) is 7.10. The topological polar surface area (TPSA) is 79.5 Å². The van der Waals surface area contributed by atoms with E-state index in [9.17, 15) is 9.59 Å². The van der Waals surface area contributed by atoms with Crippen LogP contribution in [0.15, 0.2) is 18.2 Å². The number of benzene rings is 1. The van der Waals surface area contributed by atoms with Gasteiger partial charge in [-0.05, 0) is 31.5 Å².